The Bertz CT molecular complexity index is 1080. The van der Waals surface area contributed by atoms with Crippen molar-refractivity contribution in [2.75, 3.05) is 19.1 Å². The minimum Gasteiger partial charge on any atom is -0.464 e. The number of anilines is 2. The van der Waals surface area contributed by atoms with E-state index in [1.807, 2.05) is 81.2 Å². The van der Waals surface area contributed by atoms with Gasteiger partial charge >= 0.3 is 5.97 Å². The zero-order valence-electron chi connectivity index (χ0n) is 17.9. The number of methoxy groups -OCH3 is 1. The molecule has 0 aliphatic heterocycles. The molecule has 6 nitrogen and oxygen atoms in total. The smallest absolute Gasteiger partial charge is 0.356 e. The SMILES string of the molecule is COC(=O)c1cc(N(C)c2ccccc2)nc(C(=C(C)N)c2c(C)cccc2C)n1. The van der Waals surface area contributed by atoms with Crippen molar-refractivity contribution in [2.24, 2.45) is 5.73 Å². The van der Waals surface area contributed by atoms with Gasteiger partial charge in [0.1, 0.15) is 5.82 Å². The first kappa shape index (κ1) is 21.0. The third-order valence-corrected chi connectivity index (χ3v) is 4.94. The number of allylic oxidation sites excluding steroid dienone is 1. The summed E-state index contributed by atoms with van der Waals surface area (Å²) in [6.45, 7) is 5.86. The highest BCUT2D eigenvalue weighted by Crippen LogP contribution is 2.31. The predicted molar refractivity (Wildman–Crippen MR) is 120 cm³/mol. The van der Waals surface area contributed by atoms with Crippen LogP contribution in [0.5, 0.6) is 0 Å². The van der Waals surface area contributed by atoms with E-state index in [1.165, 1.54) is 7.11 Å². The van der Waals surface area contributed by atoms with Gasteiger partial charge in [0.05, 0.1) is 7.11 Å². The molecule has 0 radical (unpaired) electrons. The van der Waals surface area contributed by atoms with Gasteiger partial charge < -0.3 is 15.4 Å². The monoisotopic (exact) mass is 402 g/mol. The number of rotatable bonds is 5. The molecule has 1 heterocycles. The zero-order valence-corrected chi connectivity index (χ0v) is 17.9. The highest BCUT2D eigenvalue weighted by Gasteiger charge is 2.21. The molecule has 0 aliphatic carbocycles. The maximum atomic E-state index is 12.4. The van der Waals surface area contributed by atoms with Gasteiger partial charge in [0.15, 0.2) is 11.5 Å². The molecule has 30 heavy (non-hydrogen) atoms. The van der Waals surface area contributed by atoms with Crippen molar-refractivity contribution >= 4 is 23.0 Å². The quantitative estimate of drug-likeness (QED) is 0.638. The number of benzene rings is 2. The summed E-state index contributed by atoms with van der Waals surface area (Å²) in [6.07, 6.45) is 0. The van der Waals surface area contributed by atoms with E-state index in [1.54, 1.807) is 6.07 Å². The summed E-state index contributed by atoms with van der Waals surface area (Å²) >= 11 is 0. The average molecular weight is 402 g/mol. The molecule has 0 spiro atoms. The molecule has 2 N–H and O–H groups in total. The highest BCUT2D eigenvalue weighted by molar-refractivity contribution is 5.90. The zero-order chi connectivity index (χ0) is 21.8. The van der Waals surface area contributed by atoms with Gasteiger partial charge in [0.2, 0.25) is 0 Å². The van der Waals surface area contributed by atoms with Gasteiger partial charge in [-0.05, 0) is 49.6 Å². The molecule has 0 saturated heterocycles. The number of nitrogens with two attached hydrogens (primary N) is 1. The van der Waals surface area contributed by atoms with Crippen LogP contribution >= 0.6 is 0 Å². The van der Waals surface area contributed by atoms with E-state index in [2.05, 4.69) is 4.98 Å². The number of aromatic nitrogens is 2. The molecule has 0 unspecified atom stereocenters. The van der Waals surface area contributed by atoms with E-state index in [0.29, 0.717) is 22.9 Å². The molecule has 0 saturated carbocycles. The Morgan fingerprint density at radius 2 is 1.63 bits per heavy atom. The van der Waals surface area contributed by atoms with E-state index in [4.69, 9.17) is 15.5 Å². The Balaban J connectivity index is 2.25. The molecular weight excluding hydrogens is 376 g/mol. The fraction of sp³-hybridized carbons (Fsp3) is 0.208. The van der Waals surface area contributed by atoms with Gasteiger partial charge in [-0.15, -0.1) is 0 Å². The third-order valence-electron chi connectivity index (χ3n) is 4.94. The number of esters is 1. The Labute approximate surface area is 177 Å². The molecule has 3 aromatic rings. The van der Waals surface area contributed by atoms with Crippen LogP contribution in [0.25, 0.3) is 5.57 Å². The van der Waals surface area contributed by atoms with Crippen LogP contribution < -0.4 is 10.6 Å². The van der Waals surface area contributed by atoms with Crippen molar-refractivity contribution < 1.29 is 9.53 Å². The number of carbonyl (C=O) groups excluding carboxylic acids is 1. The number of hydrogen-bond acceptors (Lipinski definition) is 6. The lowest BCUT2D eigenvalue weighted by molar-refractivity contribution is 0.0593. The minimum atomic E-state index is -0.531. The van der Waals surface area contributed by atoms with Crippen LogP contribution in [0.2, 0.25) is 0 Å². The summed E-state index contributed by atoms with van der Waals surface area (Å²) < 4.78 is 4.93. The largest absolute Gasteiger partial charge is 0.464 e. The second-order valence-corrected chi connectivity index (χ2v) is 7.15. The van der Waals surface area contributed by atoms with Gasteiger partial charge in [0.25, 0.3) is 0 Å². The minimum absolute atomic E-state index is 0.172. The molecule has 1 aromatic heterocycles. The Hall–Kier alpha value is -3.67. The number of carbonyl (C=O) groups is 1. The molecular formula is C24H26N4O2. The number of nitrogens with zero attached hydrogens (tertiary/aromatic N) is 3. The molecule has 6 heteroatoms. The lowest BCUT2D eigenvalue weighted by Gasteiger charge is -2.21. The molecule has 0 amide bonds. The Kier molecular flexibility index (Phi) is 6.16. The van der Waals surface area contributed by atoms with Crippen LogP contribution in [0.3, 0.4) is 0 Å². The topological polar surface area (TPSA) is 81.3 Å². The molecule has 0 fully saturated rings. The van der Waals surface area contributed by atoms with E-state index in [0.717, 1.165) is 22.4 Å². The summed E-state index contributed by atoms with van der Waals surface area (Å²) in [5, 5.41) is 0. The Morgan fingerprint density at radius 3 is 2.20 bits per heavy atom. The van der Waals surface area contributed by atoms with Crippen molar-refractivity contribution in [3.63, 3.8) is 0 Å². The van der Waals surface area contributed by atoms with Crippen molar-refractivity contribution in [3.8, 4) is 0 Å². The fourth-order valence-electron chi connectivity index (χ4n) is 3.41. The summed E-state index contributed by atoms with van der Waals surface area (Å²) in [4.78, 5) is 23.5. The lowest BCUT2D eigenvalue weighted by Crippen LogP contribution is -2.17. The van der Waals surface area contributed by atoms with Crippen LogP contribution in [0.1, 0.15) is 39.9 Å². The first-order chi connectivity index (χ1) is 14.3. The van der Waals surface area contributed by atoms with Gasteiger partial charge in [-0.25, -0.2) is 14.8 Å². The van der Waals surface area contributed by atoms with Crippen molar-refractivity contribution in [2.45, 2.75) is 20.8 Å². The van der Waals surface area contributed by atoms with Gasteiger partial charge in [-0.3, -0.25) is 0 Å². The lowest BCUT2D eigenvalue weighted by atomic mass is 9.94. The molecule has 0 bridgehead atoms. The first-order valence-electron chi connectivity index (χ1n) is 9.63. The normalized spacial score (nSPS) is 11.6. The van der Waals surface area contributed by atoms with Crippen LogP contribution in [-0.4, -0.2) is 30.1 Å². The number of ether oxygens (including phenoxy) is 1. The maximum Gasteiger partial charge on any atom is 0.356 e. The molecule has 2 aromatic carbocycles. The van der Waals surface area contributed by atoms with Gasteiger partial charge in [-0.1, -0.05) is 36.4 Å². The number of aryl methyl sites for hydroxylation is 2. The van der Waals surface area contributed by atoms with E-state index in [9.17, 15) is 4.79 Å². The van der Waals surface area contributed by atoms with Crippen LogP contribution in [0.15, 0.2) is 60.3 Å². The van der Waals surface area contributed by atoms with E-state index >= 15 is 0 Å². The third kappa shape index (κ3) is 4.17. The van der Waals surface area contributed by atoms with Crippen molar-refractivity contribution in [3.05, 3.63) is 88.5 Å². The highest BCUT2D eigenvalue weighted by atomic mass is 16.5. The van der Waals surface area contributed by atoms with Gasteiger partial charge in [-0.2, -0.15) is 0 Å². The molecule has 3 rings (SSSR count). The summed E-state index contributed by atoms with van der Waals surface area (Å²) in [7, 11) is 3.22. The summed E-state index contributed by atoms with van der Waals surface area (Å²) in [5.41, 5.74) is 11.8. The fourth-order valence-corrected chi connectivity index (χ4v) is 3.41. The Morgan fingerprint density at radius 1 is 1.00 bits per heavy atom. The second-order valence-electron chi connectivity index (χ2n) is 7.15. The predicted octanol–water partition coefficient (Wildman–Crippen LogP) is 4.39. The van der Waals surface area contributed by atoms with Crippen molar-refractivity contribution in [1.82, 2.24) is 9.97 Å². The van der Waals surface area contributed by atoms with Crippen LogP contribution in [0, 0.1) is 13.8 Å². The van der Waals surface area contributed by atoms with Gasteiger partial charge in [0, 0.05) is 30.1 Å². The summed E-state index contributed by atoms with van der Waals surface area (Å²) in [6, 6.07) is 17.4. The molecule has 154 valence electrons. The van der Waals surface area contributed by atoms with Crippen LogP contribution in [0.4, 0.5) is 11.5 Å². The first-order valence-corrected chi connectivity index (χ1v) is 9.63. The van der Waals surface area contributed by atoms with E-state index < -0.39 is 5.97 Å². The van der Waals surface area contributed by atoms with Crippen LogP contribution in [-0.2, 0) is 4.74 Å². The molecule has 0 atom stereocenters. The second kappa shape index (κ2) is 8.78. The number of para-hydroxylation sites is 1. The van der Waals surface area contributed by atoms with E-state index in [-0.39, 0.29) is 5.69 Å². The molecule has 0 aliphatic rings. The maximum absolute atomic E-state index is 12.4. The standard InChI is InChI=1S/C24H26N4O2/c1-15-10-9-11-16(2)21(15)22(17(3)25)23-26-19(24(29)30-5)14-20(27-23)28(4)18-12-7-6-8-13-18/h6-14H,25H2,1-5H3. The summed E-state index contributed by atoms with van der Waals surface area (Å²) in [5.74, 6) is 0.418. The van der Waals surface area contributed by atoms with Crippen molar-refractivity contribution in [1.29, 1.82) is 0 Å². The number of hydrogen-bond donors (Lipinski definition) is 1. The average Bonchev–Trinajstić information content (AvgIpc) is 2.75.